The molecule has 6 heteroatoms. The van der Waals surface area contributed by atoms with Gasteiger partial charge in [0.15, 0.2) is 0 Å². The third-order valence-corrected chi connectivity index (χ3v) is 5.95. The summed E-state index contributed by atoms with van der Waals surface area (Å²) in [7, 11) is 0. The molecule has 0 aromatic heterocycles. The lowest BCUT2D eigenvalue weighted by molar-refractivity contribution is -0.0476. The molecule has 1 aromatic rings. The molecule has 2 aliphatic rings. The maximum atomic E-state index is 10.8. The molecule has 184 valence electrons. The summed E-state index contributed by atoms with van der Waals surface area (Å²) in [5, 5.41) is 32.0. The third-order valence-electron chi connectivity index (χ3n) is 5.95. The first-order valence-electron chi connectivity index (χ1n) is 11.1. The standard InChI is InChI=1S/C21H30O4.C6H6.2H2S/c1-5-6-7-8-13-11-15(22)18-16(12-13)25-20(2,3)14-9-10-21(4,24)19(23)17(14)18;1-3-5-6-4-2;;/h11-12,19,22-24H,5-10H2,1-4H3;1-2H3;2*1H2/t19-,21-;;;/m1.../s1. The topological polar surface area (TPSA) is 69.9 Å². The fourth-order valence-corrected chi connectivity index (χ4v) is 4.23. The molecule has 0 bridgehead atoms. The normalized spacial score (nSPS) is 21.5. The van der Waals surface area contributed by atoms with Crippen LogP contribution in [0, 0.1) is 23.7 Å². The Morgan fingerprint density at radius 2 is 1.67 bits per heavy atom. The number of aryl methyl sites for hydroxylation is 1. The predicted molar refractivity (Wildman–Crippen MR) is 146 cm³/mol. The number of hydrogen-bond donors (Lipinski definition) is 3. The molecule has 0 unspecified atom stereocenters. The van der Waals surface area contributed by atoms with E-state index in [4.69, 9.17) is 4.74 Å². The predicted octanol–water partition coefficient (Wildman–Crippen LogP) is 5.21. The van der Waals surface area contributed by atoms with Gasteiger partial charge < -0.3 is 20.1 Å². The molecule has 3 N–H and O–H groups in total. The van der Waals surface area contributed by atoms with Crippen molar-refractivity contribution in [2.75, 3.05) is 0 Å². The summed E-state index contributed by atoms with van der Waals surface area (Å²) in [6.45, 7) is 11.3. The molecule has 0 saturated heterocycles. The molecule has 1 heterocycles. The highest BCUT2D eigenvalue weighted by atomic mass is 32.1. The summed E-state index contributed by atoms with van der Waals surface area (Å²) >= 11 is 0. The third kappa shape index (κ3) is 7.39. The molecule has 2 atom stereocenters. The smallest absolute Gasteiger partial charge is 0.132 e. The van der Waals surface area contributed by atoms with Gasteiger partial charge in [0, 0.05) is 5.57 Å². The number of phenolic OH excluding ortho intramolecular Hbond substituents is 1. The maximum Gasteiger partial charge on any atom is 0.132 e. The van der Waals surface area contributed by atoms with E-state index in [1.165, 1.54) is 0 Å². The van der Waals surface area contributed by atoms with Gasteiger partial charge >= 0.3 is 0 Å². The Bertz CT molecular complexity index is 938. The maximum absolute atomic E-state index is 10.8. The van der Waals surface area contributed by atoms with E-state index in [-0.39, 0.29) is 32.7 Å². The molecule has 0 amide bonds. The zero-order chi connectivity index (χ0) is 23.2. The second-order valence-electron chi connectivity index (χ2n) is 8.96. The van der Waals surface area contributed by atoms with E-state index in [1.54, 1.807) is 26.8 Å². The average Bonchev–Trinajstić information content (AvgIpc) is 2.69. The Kier molecular flexibility index (Phi) is 12.6. The molecule has 1 aliphatic heterocycles. The minimum Gasteiger partial charge on any atom is -0.507 e. The fourth-order valence-electron chi connectivity index (χ4n) is 4.23. The van der Waals surface area contributed by atoms with E-state index in [0.29, 0.717) is 29.7 Å². The zero-order valence-electron chi connectivity index (χ0n) is 20.7. The molecule has 0 saturated carbocycles. The lowest BCUT2D eigenvalue weighted by Crippen LogP contribution is -2.48. The average molecular weight is 493 g/mol. The number of aromatic hydroxyl groups is 1. The number of hydrogen-bond acceptors (Lipinski definition) is 4. The number of aliphatic hydroxyl groups is 2. The van der Waals surface area contributed by atoms with Gasteiger partial charge in [-0.05, 0) is 95.4 Å². The molecule has 33 heavy (non-hydrogen) atoms. The van der Waals surface area contributed by atoms with Crippen molar-refractivity contribution in [2.24, 2.45) is 0 Å². The van der Waals surface area contributed by atoms with E-state index >= 15 is 0 Å². The van der Waals surface area contributed by atoms with E-state index in [2.05, 4.69) is 30.6 Å². The number of ether oxygens (including phenoxy) is 1. The highest BCUT2D eigenvalue weighted by molar-refractivity contribution is 7.59. The quantitative estimate of drug-likeness (QED) is 0.398. The minimum absolute atomic E-state index is 0. The first-order valence-corrected chi connectivity index (χ1v) is 11.1. The van der Waals surface area contributed by atoms with Crippen molar-refractivity contribution < 1.29 is 20.1 Å². The van der Waals surface area contributed by atoms with Gasteiger partial charge in [-0.3, -0.25) is 0 Å². The molecule has 4 nitrogen and oxygen atoms in total. The molecular weight excluding hydrogens is 452 g/mol. The van der Waals surface area contributed by atoms with Crippen molar-refractivity contribution in [2.45, 2.75) is 97.4 Å². The van der Waals surface area contributed by atoms with Crippen LogP contribution in [0.1, 0.15) is 84.8 Å². The van der Waals surface area contributed by atoms with Crippen molar-refractivity contribution in [1.29, 1.82) is 0 Å². The van der Waals surface area contributed by atoms with Crippen molar-refractivity contribution in [3.63, 3.8) is 0 Å². The van der Waals surface area contributed by atoms with Crippen LogP contribution in [0.5, 0.6) is 11.5 Å². The van der Waals surface area contributed by atoms with Gasteiger partial charge in [0.2, 0.25) is 0 Å². The lowest BCUT2D eigenvalue weighted by atomic mass is 9.70. The van der Waals surface area contributed by atoms with Crippen LogP contribution in [0.4, 0.5) is 0 Å². The fraction of sp³-hybridized carbons (Fsp3) is 0.556. The number of aliphatic hydroxyl groups excluding tert-OH is 1. The number of benzene rings is 1. The van der Waals surface area contributed by atoms with Gasteiger partial charge in [0.25, 0.3) is 0 Å². The summed E-state index contributed by atoms with van der Waals surface area (Å²) in [5.74, 6) is 11.2. The SMILES string of the molecule is CC#CC#CC.CCCCCc1cc(O)c2c(c1)OC(C)(C)C1=C2[C@@H](O)[C@](C)(O)CC1.S.S. The van der Waals surface area contributed by atoms with Crippen LogP contribution in [-0.2, 0) is 6.42 Å². The lowest BCUT2D eigenvalue weighted by Gasteiger charge is -2.45. The summed E-state index contributed by atoms with van der Waals surface area (Å²) in [6, 6.07) is 3.75. The van der Waals surface area contributed by atoms with Crippen molar-refractivity contribution in [3.8, 4) is 35.2 Å². The van der Waals surface area contributed by atoms with Gasteiger partial charge in [-0.1, -0.05) is 31.6 Å². The summed E-state index contributed by atoms with van der Waals surface area (Å²) in [5.41, 5.74) is 1.43. The Morgan fingerprint density at radius 3 is 2.21 bits per heavy atom. The molecular formula is C27H40O4S2. The van der Waals surface area contributed by atoms with Crippen LogP contribution < -0.4 is 4.74 Å². The van der Waals surface area contributed by atoms with Crippen LogP contribution >= 0.6 is 27.0 Å². The first kappa shape index (κ1) is 31.3. The molecule has 0 radical (unpaired) electrons. The van der Waals surface area contributed by atoms with Gasteiger partial charge in [-0.25, -0.2) is 0 Å². The Balaban J connectivity index is 0.00000114. The van der Waals surface area contributed by atoms with E-state index < -0.39 is 17.3 Å². The summed E-state index contributed by atoms with van der Waals surface area (Å²) in [6.07, 6.45) is 4.36. The van der Waals surface area contributed by atoms with Crippen LogP contribution in [0.25, 0.3) is 5.57 Å². The second kappa shape index (κ2) is 13.3. The highest BCUT2D eigenvalue weighted by Gasteiger charge is 2.47. The van der Waals surface area contributed by atoms with Gasteiger partial charge in [-0.15, -0.1) is 0 Å². The first-order chi connectivity index (χ1) is 14.6. The van der Waals surface area contributed by atoms with Crippen molar-refractivity contribution >= 4 is 32.6 Å². The van der Waals surface area contributed by atoms with Crippen LogP contribution in [0.15, 0.2) is 17.7 Å². The van der Waals surface area contributed by atoms with E-state index in [0.717, 1.165) is 36.8 Å². The van der Waals surface area contributed by atoms with Gasteiger partial charge in [0.1, 0.15) is 23.2 Å². The van der Waals surface area contributed by atoms with Crippen LogP contribution in [0.3, 0.4) is 0 Å². The molecule has 0 spiro atoms. The Hall–Kier alpha value is -1.70. The number of fused-ring (bicyclic) bond motifs is 2. The van der Waals surface area contributed by atoms with Crippen LogP contribution in [-0.4, -0.2) is 32.6 Å². The van der Waals surface area contributed by atoms with Crippen molar-refractivity contribution in [3.05, 3.63) is 28.8 Å². The molecule has 1 aliphatic carbocycles. The largest absolute Gasteiger partial charge is 0.507 e. The van der Waals surface area contributed by atoms with E-state index in [9.17, 15) is 15.3 Å². The minimum atomic E-state index is -1.20. The Labute approximate surface area is 213 Å². The Morgan fingerprint density at radius 1 is 1.06 bits per heavy atom. The molecule has 1 aromatic carbocycles. The molecule has 3 rings (SSSR count). The van der Waals surface area contributed by atoms with Crippen LogP contribution in [0.2, 0.25) is 0 Å². The van der Waals surface area contributed by atoms with E-state index in [1.807, 2.05) is 19.9 Å². The highest BCUT2D eigenvalue weighted by Crippen LogP contribution is 2.52. The summed E-state index contributed by atoms with van der Waals surface area (Å²) < 4.78 is 6.22. The van der Waals surface area contributed by atoms with Gasteiger partial charge in [0.05, 0.1) is 11.2 Å². The number of phenols is 1. The number of unbranched alkanes of at least 4 members (excludes halogenated alkanes) is 2. The molecule has 0 fully saturated rings. The van der Waals surface area contributed by atoms with Crippen molar-refractivity contribution in [1.82, 2.24) is 0 Å². The zero-order valence-corrected chi connectivity index (χ0v) is 22.7. The monoisotopic (exact) mass is 492 g/mol. The number of rotatable bonds is 4. The van der Waals surface area contributed by atoms with Gasteiger partial charge in [-0.2, -0.15) is 27.0 Å². The second-order valence-corrected chi connectivity index (χ2v) is 8.96. The summed E-state index contributed by atoms with van der Waals surface area (Å²) in [4.78, 5) is 0.